The molecular formula is C13H8Br2F2N2S. The molecule has 0 saturated carbocycles. The van der Waals surface area contributed by atoms with Crippen LogP contribution in [0.2, 0.25) is 0 Å². The number of hydrogen-bond donors (Lipinski definition) is 2. The van der Waals surface area contributed by atoms with Crippen molar-refractivity contribution in [1.29, 1.82) is 0 Å². The van der Waals surface area contributed by atoms with Gasteiger partial charge < -0.3 is 11.1 Å². The van der Waals surface area contributed by atoms with Crippen molar-refractivity contribution in [2.45, 2.75) is 0 Å². The minimum Gasteiger partial charge on any atom is -0.389 e. The molecular weight excluding hydrogens is 414 g/mol. The molecule has 3 N–H and O–H groups in total. The molecule has 2 aromatic carbocycles. The zero-order valence-corrected chi connectivity index (χ0v) is 13.9. The molecule has 0 heterocycles. The summed E-state index contributed by atoms with van der Waals surface area (Å²) >= 11 is 11.3. The molecule has 2 nitrogen and oxygen atoms in total. The SMILES string of the molecule is NC(=S)c1cc(Br)ccc1Nc1c(F)cc(Br)cc1F. The van der Waals surface area contributed by atoms with Gasteiger partial charge in [-0.15, -0.1) is 0 Å². The molecule has 2 aromatic rings. The fraction of sp³-hybridized carbons (Fsp3) is 0. The van der Waals surface area contributed by atoms with E-state index in [0.717, 1.165) is 4.47 Å². The van der Waals surface area contributed by atoms with Crippen molar-refractivity contribution in [3.63, 3.8) is 0 Å². The van der Waals surface area contributed by atoms with Crippen LogP contribution in [0.1, 0.15) is 5.56 Å². The Hall–Kier alpha value is -1.05. The highest BCUT2D eigenvalue weighted by Crippen LogP contribution is 2.29. The van der Waals surface area contributed by atoms with Crippen LogP contribution in [-0.2, 0) is 0 Å². The lowest BCUT2D eigenvalue weighted by Crippen LogP contribution is -2.12. The van der Waals surface area contributed by atoms with Crippen LogP contribution in [0.15, 0.2) is 39.3 Å². The van der Waals surface area contributed by atoms with Gasteiger partial charge in [-0.1, -0.05) is 44.1 Å². The first kappa shape index (κ1) is 15.3. The number of nitrogens with two attached hydrogens (primary N) is 1. The summed E-state index contributed by atoms with van der Waals surface area (Å²) in [5.74, 6) is -1.43. The van der Waals surface area contributed by atoms with Crippen LogP contribution < -0.4 is 11.1 Å². The van der Waals surface area contributed by atoms with Crippen LogP contribution in [0.3, 0.4) is 0 Å². The molecule has 0 aliphatic rings. The highest BCUT2D eigenvalue weighted by atomic mass is 79.9. The normalized spacial score (nSPS) is 10.4. The average molecular weight is 422 g/mol. The smallest absolute Gasteiger partial charge is 0.150 e. The summed E-state index contributed by atoms with van der Waals surface area (Å²) < 4.78 is 28.7. The van der Waals surface area contributed by atoms with Gasteiger partial charge in [-0.05, 0) is 30.3 Å². The first-order chi connectivity index (χ1) is 9.38. The highest BCUT2D eigenvalue weighted by Gasteiger charge is 2.13. The standard InChI is InChI=1S/C13H8Br2F2N2S/c14-6-1-2-11(8(3-6)13(18)20)19-12-9(16)4-7(15)5-10(12)17/h1-5,19H,(H2,18,20). The first-order valence-corrected chi connectivity index (χ1v) is 7.39. The number of nitrogens with one attached hydrogen (secondary N) is 1. The molecule has 0 aliphatic heterocycles. The molecule has 0 radical (unpaired) electrons. The zero-order valence-electron chi connectivity index (χ0n) is 9.88. The third kappa shape index (κ3) is 3.34. The average Bonchev–Trinajstić information content (AvgIpc) is 2.34. The van der Waals surface area contributed by atoms with Gasteiger partial charge in [-0.25, -0.2) is 8.78 Å². The predicted molar refractivity (Wildman–Crippen MR) is 87.4 cm³/mol. The minimum atomic E-state index is -0.714. The van der Waals surface area contributed by atoms with Gasteiger partial charge in [-0.3, -0.25) is 0 Å². The molecule has 0 aliphatic carbocycles. The van der Waals surface area contributed by atoms with Crippen molar-refractivity contribution in [3.05, 3.63) is 56.5 Å². The van der Waals surface area contributed by atoms with Crippen molar-refractivity contribution in [3.8, 4) is 0 Å². The van der Waals surface area contributed by atoms with Crippen molar-refractivity contribution in [1.82, 2.24) is 0 Å². The fourth-order valence-corrected chi connectivity index (χ4v) is 2.56. The third-order valence-electron chi connectivity index (χ3n) is 2.51. The van der Waals surface area contributed by atoms with E-state index in [1.807, 2.05) is 0 Å². The summed E-state index contributed by atoms with van der Waals surface area (Å²) in [4.78, 5) is 0.131. The third-order valence-corrected chi connectivity index (χ3v) is 3.68. The Morgan fingerprint density at radius 1 is 1.05 bits per heavy atom. The fourth-order valence-electron chi connectivity index (χ4n) is 1.63. The van der Waals surface area contributed by atoms with Crippen molar-refractivity contribution in [2.24, 2.45) is 5.73 Å². The van der Waals surface area contributed by atoms with E-state index >= 15 is 0 Å². The maximum absolute atomic E-state index is 13.8. The van der Waals surface area contributed by atoms with Crippen LogP contribution in [0.5, 0.6) is 0 Å². The van der Waals surface area contributed by atoms with E-state index < -0.39 is 11.6 Å². The number of halogens is 4. The molecule has 0 fully saturated rings. The van der Waals surface area contributed by atoms with E-state index in [-0.39, 0.29) is 10.7 Å². The van der Waals surface area contributed by atoms with E-state index in [2.05, 4.69) is 37.2 Å². The highest BCUT2D eigenvalue weighted by molar-refractivity contribution is 9.10. The molecule has 0 amide bonds. The Balaban J connectivity index is 2.48. The lowest BCUT2D eigenvalue weighted by atomic mass is 10.1. The summed E-state index contributed by atoms with van der Waals surface area (Å²) in [7, 11) is 0. The number of hydrogen-bond acceptors (Lipinski definition) is 2. The monoisotopic (exact) mass is 420 g/mol. The molecule has 0 atom stereocenters. The van der Waals surface area contributed by atoms with Crippen LogP contribution in [0, 0.1) is 11.6 Å². The molecule has 0 bridgehead atoms. The van der Waals surface area contributed by atoms with Gasteiger partial charge >= 0.3 is 0 Å². The van der Waals surface area contributed by atoms with Gasteiger partial charge in [0.15, 0.2) is 11.6 Å². The molecule has 0 spiro atoms. The van der Waals surface area contributed by atoms with Crippen molar-refractivity contribution in [2.75, 3.05) is 5.32 Å². The van der Waals surface area contributed by atoms with Crippen molar-refractivity contribution >= 4 is 60.4 Å². The molecule has 104 valence electrons. The summed E-state index contributed by atoms with van der Waals surface area (Å²) in [6.07, 6.45) is 0. The Bertz CT molecular complexity index is 669. The van der Waals surface area contributed by atoms with Gasteiger partial charge in [0, 0.05) is 20.2 Å². The summed E-state index contributed by atoms with van der Waals surface area (Å²) in [6.45, 7) is 0. The molecule has 0 unspecified atom stereocenters. The topological polar surface area (TPSA) is 38.0 Å². The second-order valence-electron chi connectivity index (χ2n) is 3.92. The largest absolute Gasteiger partial charge is 0.389 e. The van der Waals surface area contributed by atoms with Crippen LogP contribution in [0.4, 0.5) is 20.2 Å². The van der Waals surface area contributed by atoms with Crippen LogP contribution >= 0.6 is 44.1 Å². The van der Waals surface area contributed by atoms with Gasteiger partial charge in [0.25, 0.3) is 0 Å². The first-order valence-electron chi connectivity index (χ1n) is 5.39. The quantitative estimate of drug-likeness (QED) is 0.694. The Morgan fingerprint density at radius 2 is 1.65 bits per heavy atom. The number of benzene rings is 2. The second-order valence-corrected chi connectivity index (χ2v) is 6.19. The molecule has 7 heteroatoms. The van der Waals surface area contributed by atoms with Crippen molar-refractivity contribution < 1.29 is 8.78 Å². The summed E-state index contributed by atoms with van der Waals surface area (Å²) in [5.41, 5.74) is 6.28. The zero-order chi connectivity index (χ0) is 14.9. The maximum atomic E-state index is 13.8. The Kier molecular flexibility index (Phi) is 4.72. The summed E-state index contributed by atoms with van der Waals surface area (Å²) in [5, 5.41) is 2.69. The number of thiocarbonyl (C=S) groups is 1. The van der Waals surface area contributed by atoms with Crippen LogP contribution in [0.25, 0.3) is 0 Å². The lowest BCUT2D eigenvalue weighted by molar-refractivity contribution is 0.589. The van der Waals surface area contributed by atoms with E-state index in [9.17, 15) is 8.78 Å². The maximum Gasteiger partial charge on any atom is 0.150 e. The second kappa shape index (κ2) is 6.15. The van der Waals surface area contributed by atoms with E-state index in [4.69, 9.17) is 18.0 Å². The molecule has 0 saturated heterocycles. The Labute approximate surface area is 136 Å². The summed E-state index contributed by atoms with van der Waals surface area (Å²) in [6, 6.07) is 7.38. The number of anilines is 2. The Morgan fingerprint density at radius 3 is 2.20 bits per heavy atom. The van der Waals surface area contributed by atoms with Gasteiger partial charge in [0.05, 0.1) is 0 Å². The van der Waals surface area contributed by atoms with Gasteiger partial charge in [-0.2, -0.15) is 0 Å². The molecule has 0 aromatic heterocycles. The molecule has 2 rings (SSSR count). The van der Waals surface area contributed by atoms with Gasteiger partial charge in [0.2, 0.25) is 0 Å². The minimum absolute atomic E-state index is 0.131. The molecule has 20 heavy (non-hydrogen) atoms. The number of rotatable bonds is 3. The van der Waals surface area contributed by atoms with Gasteiger partial charge in [0.1, 0.15) is 10.7 Å². The lowest BCUT2D eigenvalue weighted by Gasteiger charge is -2.13. The van der Waals surface area contributed by atoms with E-state index in [1.54, 1.807) is 18.2 Å². The van der Waals surface area contributed by atoms with Crippen LogP contribution in [-0.4, -0.2) is 4.99 Å². The van der Waals surface area contributed by atoms with E-state index in [1.165, 1.54) is 12.1 Å². The predicted octanol–water partition coefficient (Wildman–Crippen LogP) is 4.87. The van der Waals surface area contributed by atoms with E-state index in [0.29, 0.717) is 15.7 Å².